The van der Waals surface area contributed by atoms with Gasteiger partial charge in [-0.1, -0.05) is 51.1 Å². The number of ketones is 1. The Hall–Kier alpha value is -2.82. The molecule has 0 bridgehead atoms. The van der Waals surface area contributed by atoms with Gasteiger partial charge in [0.05, 0.1) is 14.2 Å². The highest BCUT2D eigenvalue weighted by Crippen LogP contribution is 2.29. The fraction of sp³-hybridized carbons (Fsp3) is 0.364. The van der Waals surface area contributed by atoms with E-state index < -0.39 is 12.1 Å². The Bertz CT molecular complexity index is 793. The molecule has 1 atom stereocenters. The van der Waals surface area contributed by atoms with Crippen molar-refractivity contribution in [1.29, 1.82) is 0 Å². The van der Waals surface area contributed by atoms with Crippen LogP contribution in [0.4, 0.5) is 0 Å². The summed E-state index contributed by atoms with van der Waals surface area (Å²) < 4.78 is 15.8. The molecule has 0 amide bonds. The largest absolute Gasteiger partial charge is 0.496 e. The third-order valence-corrected chi connectivity index (χ3v) is 4.32. The molecule has 0 aliphatic carbocycles. The minimum Gasteiger partial charge on any atom is -0.496 e. The molecule has 0 radical (unpaired) electrons. The fourth-order valence-electron chi connectivity index (χ4n) is 2.69. The first kappa shape index (κ1) is 20.5. The van der Waals surface area contributed by atoms with Crippen LogP contribution in [0.15, 0.2) is 42.5 Å². The summed E-state index contributed by atoms with van der Waals surface area (Å²) in [7, 11) is 2.91. The van der Waals surface area contributed by atoms with Crippen LogP contribution in [0.3, 0.4) is 0 Å². The van der Waals surface area contributed by atoms with Crippen LogP contribution in [-0.2, 0) is 10.2 Å². The van der Waals surface area contributed by atoms with E-state index >= 15 is 0 Å². The Morgan fingerprint density at radius 1 is 0.889 bits per heavy atom. The maximum atomic E-state index is 12.6. The normalized spacial score (nSPS) is 12.2. The number of methoxy groups -OCH3 is 2. The fourth-order valence-corrected chi connectivity index (χ4v) is 2.69. The predicted octanol–water partition coefficient (Wildman–Crippen LogP) is 4.43. The summed E-state index contributed by atoms with van der Waals surface area (Å²) in [5, 5.41) is 0. The van der Waals surface area contributed by atoms with E-state index in [-0.39, 0.29) is 16.8 Å². The number of esters is 1. The maximum Gasteiger partial charge on any atom is 0.346 e. The Morgan fingerprint density at radius 2 is 1.41 bits per heavy atom. The van der Waals surface area contributed by atoms with Crippen LogP contribution in [0, 0.1) is 0 Å². The second-order valence-corrected chi connectivity index (χ2v) is 7.28. The molecule has 0 unspecified atom stereocenters. The summed E-state index contributed by atoms with van der Waals surface area (Å²) in [6.07, 6.45) is -0.937. The van der Waals surface area contributed by atoms with Gasteiger partial charge in [0.2, 0.25) is 5.78 Å². The molecule has 0 aromatic heterocycles. The van der Waals surface area contributed by atoms with Crippen molar-refractivity contribution in [3.05, 3.63) is 59.2 Å². The molecule has 0 aliphatic heterocycles. The van der Waals surface area contributed by atoms with Gasteiger partial charge < -0.3 is 14.2 Å². The van der Waals surface area contributed by atoms with Crippen molar-refractivity contribution in [3.8, 4) is 11.5 Å². The monoisotopic (exact) mass is 370 g/mol. The summed E-state index contributed by atoms with van der Waals surface area (Å²) in [5.74, 6) is -0.281. The molecule has 0 saturated carbocycles. The van der Waals surface area contributed by atoms with E-state index in [0.717, 1.165) is 5.56 Å². The van der Waals surface area contributed by atoms with Crippen molar-refractivity contribution in [2.45, 2.75) is 39.2 Å². The molecule has 0 heterocycles. The molecule has 2 aromatic rings. The number of carbonyl (C=O) groups excluding carboxylic acids is 2. The van der Waals surface area contributed by atoms with Gasteiger partial charge >= 0.3 is 5.97 Å². The molecule has 2 rings (SSSR count). The second kappa shape index (κ2) is 8.25. The summed E-state index contributed by atoms with van der Waals surface area (Å²) in [6, 6.07) is 12.3. The zero-order valence-corrected chi connectivity index (χ0v) is 16.7. The van der Waals surface area contributed by atoms with Crippen LogP contribution in [0.5, 0.6) is 11.5 Å². The van der Waals surface area contributed by atoms with Gasteiger partial charge in [-0.15, -0.1) is 0 Å². The van der Waals surface area contributed by atoms with Crippen LogP contribution in [0.1, 0.15) is 54.0 Å². The van der Waals surface area contributed by atoms with Crippen molar-refractivity contribution in [1.82, 2.24) is 0 Å². The van der Waals surface area contributed by atoms with Gasteiger partial charge in [-0.25, -0.2) is 4.79 Å². The minimum atomic E-state index is -0.937. The molecular formula is C22H26O5. The highest BCUT2D eigenvalue weighted by molar-refractivity contribution is 6.02. The standard InChI is InChI=1S/C22H26O5/c1-14(20(23)15-10-12-16(13-11-15)22(2,3)4)27-21(24)19-17(25-5)8-7-9-18(19)26-6/h7-14H,1-6H3/t14-/m1/s1. The van der Waals surface area contributed by atoms with Gasteiger partial charge in [-0.05, 0) is 30.0 Å². The van der Waals surface area contributed by atoms with Gasteiger partial charge in [0.25, 0.3) is 0 Å². The van der Waals surface area contributed by atoms with Crippen molar-refractivity contribution in [2.24, 2.45) is 0 Å². The average Bonchev–Trinajstić information content (AvgIpc) is 2.65. The molecule has 2 aromatic carbocycles. The lowest BCUT2D eigenvalue weighted by molar-refractivity contribution is 0.0313. The summed E-state index contributed by atoms with van der Waals surface area (Å²) in [5.41, 5.74) is 1.78. The van der Waals surface area contributed by atoms with Crippen LogP contribution < -0.4 is 9.47 Å². The third kappa shape index (κ3) is 4.67. The summed E-state index contributed by atoms with van der Waals surface area (Å²) in [4.78, 5) is 25.2. The van der Waals surface area contributed by atoms with Crippen LogP contribution >= 0.6 is 0 Å². The van der Waals surface area contributed by atoms with Crippen molar-refractivity contribution < 1.29 is 23.8 Å². The molecule has 5 nitrogen and oxygen atoms in total. The first-order valence-electron chi connectivity index (χ1n) is 8.75. The topological polar surface area (TPSA) is 61.8 Å². The molecule has 0 N–H and O–H groups in total. The smallest absolute Gasteiger partial charge is 0.346 e. The minimum absolute atomic E-state index is 0.0000753. The summed E-state index contributed by atoms with van der Waals surface area (Å²) in [6.45, 7) is 7.87. The highest BCUT2D eigenvalue weighted by atomic mass is 16.6. The molecule has 144 valence electrons. The van der Waals surface area contributed by atoms with E-state index in [9.17, 15) is 9.59 Å². The van der Waals surface area contributed by atoms with Crippen molar-refractivity contribution in [2.75, 3.05) is 14.2 Å². The molecule has 5 heteroatoms. The molecule has 0 spiro atoms. The van der Waals surface area contributed by atoms with Crippen LogP contribution in [-0.4, -0.2) is 32.1 Å². The van der Waals surface area contributed by atoms with Crippen LogP contribution in [0.2, 0.25) is 0 Å². The van der Waals surface area contributed by atoms with E-state index in [4.69, 9.17) is 14.2 Å². The highest BCUT2D eigenvalue weighted by Gasteiger charge is 2.25. The Morgan fingerprint density at radius 3 is 1.85 bits per heavy atom. The third-order valence-electron chi connectivity index (χ3n) is 4.32. The van der Waals surface area contributed by atoms with Gasteiger partial charge in [-0.3, -0.25) is 4.79 Å². The number of benzene rings is 2. The number of Topliss-reactive ketones (excluding diaryl/α,β-unsaturated/α-hetero) is 1. The number of carbonyl (C=O) groups is 2. The molecular weight excluding hydrogens is 344 g/mol. The first-order valence-corrected chi connectivity index (χ1v) is 8.75. The quantitative estimate of drug-likeness (QED) is 0.556. The number of rotatable bonds is 6. The van der Waals surface area contributed by atoms with Crippen LogP contribution in [0.25, 0.3) is 0 Å². The zero-order valence-electron chi connectivity index (χ0n) is 16.7. The van der Waals surface area contributed by atoms with E-state index in [1.807, 2.05) is 12.1 Å². The van der Waals surface area contributed by atoms with E-state index in [1.54, 1.807) is 37.3 Å². The predicted molar refractivity (Wildman–Crippen MR) is 104 cm³/mol. The lowest BCUT2D eigenvalue weighted by atomic mass is 9.86. The molecule has 0 saturated heterocycles. The number of hydrogen-bond acceptors (Lipinski definition) is 5. The van der Waals surface area contributed by atoms with Gasteiger partial charge in [0, 0.05) is 5.56 Å². The van der Waals surface area contributed by atoms with E-state index in [2.05, 4.69) is 20.8 Å². The number of ether oxygens (including phenoxy) is 3. The lowest BCUT2D eigenvalue weighted by Crippen LogP contribution is -2.25. The number of hydrogen-bond donors (Lipinski definition) is 0. The average molecular weight is 370 g/mol. The van der Waals surface area contributed by atoms with E-state index in [0.29, 0.717) is 17.1 Å². The summed E-state index contributed by atoms with van der Waals surface area (Å²) >= 11 is 0. The van der Waals surface area contributed by atoms with Crippen molar-refractivity contribution in [3.63, 3.8) is 0 Å². The van der Waals surface area contributed by atoms with Gasteiger partial charge in [0.1, 0.15) is 17.1 Å². The molecule has 0 fully saturated rings. The van der Waals surface area contributed by atoms with Gasteiger partial charge in [-0.2, -0.15) is 0 Å². The Labute approximate surface area is 160 Å². The maximum absolute atomic E-state index is 12.6. The molecule has 27 heavy (non-hydrogen) atoms. The van der Waals surface area contributed by atoms with Gasteiger partial charge in [0.15, 0.2) is 6.10 Å². The SMILES string of the molecule is COc1cccc(OC)c1C(=O)O[C@H](C)C(=O)c1ccc(C(C)(C)C)cc1. The Balaban J connectivity index is 2.18. The second-order valence-electron chi connectivity index (χ2n) is 7.28. The molecule has 0 aliphatic rings. The lowest BCUT2D eigenvalue weighted by Gasteiger charge is -2.19. The zero-order chi connectivity index (χ0) is 20.2. The Kier molecular flexibility index (Phi) is 6.26. The van der Waals surface area contributed by atoms with Crippen molar-refractivity contribution >= 4 is 11.8 Å². The first-order chi connectivity index (χ1) is 12.7. The van der Waals surface area contributed by atoms with E-state index in [1.165, 1.54) is 14.2 Å².